The highest BCUT2D eigenvalue weighted by Gasteiger charge is 2.11. The van der Waals surface area contributed by atoms with E-state index in [0.29, 0.717) is 17.1 Å². The minimum atomic E-state index is -0.584. The molecule has 23 heavy (non-hydrogen) atoms. The lowest BCUT2D eigenvalue weighted by Crippen LogP contribution is -2.27. The predicted molar refractivity (Wildman–Crippen MR) is 94.4 cm³/mol. The summed E-state index contributed by atoms with van der Waals surface area (Å²) in [6.45, 7) is 1.41. The molecule has 5 N–H and O–H groups in total. The molecule has 7 heteroatoms. The van der Waals surface area contributed by atoms with Gasteiger partial charge in [-0.05, 0) is 30.7 Å². The van der Waals surface area contributed by atoms with E-state index in [4.69, 9.17) is 16.6 Å². The number of carbonyl (C=O) groups excluding carboxylic acids is 1. The zero-order chi connectivity index (χ0) is 16.8. The van der Waals surface area contributed by atoms with Crippen LogP contribution in [0.5, 0.6) is 0 Å². The quantitative estimate of drug-likeness (QED) is 0.482. The summed E-state index contributed by atoms with van der Waals surface area (Å²) >= 11 is 1.56. The van der Waals surface area contributed by atoms with E-state index in [1.54, 1.807) is 36.3 Å². The minimum absolute atomic E-state index is 0.0683. The SMILES string of the molecule is CC(=N)C(=N)C(=O)Nc1cccc(CSc2cnccc2N)c1. The van der Waals surface area contributed by atoms with E-state index in [1.165, 1.54) is 6.92 Å². The number of aromatic nitrogens is 1. The lowest BCUT2D eigenvalue weighted by molar-refractivity contribution is -0.110. The van der Waals surface area contributed by atoms with Gasteiger partial charge in [0.2, 0.25) is 0 Å². The van der Waals surface area contributed by atoms with Crippen LogP contribution < -0.4 is 11.1 Å². The molecule has 6 nitrogen and oxygen atoms in total. The summed E-state index contributed by atoms with van der Waals surface area (Å²) in [4.78, 5) is 16.7. The number of nitrogens with one attached hydrogen (secondary N) is 3. The zero-order valence-corrected chi connectivity index (χ0v) is 13.4. The summed E-state index contributed by atoms with van der Waals surface area (Å²) < 4.78 is 0. The number of rotatable bonds is 6. The van der Waals surface area contributed by atoms with Gasteiger partial charge in [0.05, 0.1) is 5.71 Å². The van der Waals surface area contributed by atoms with Crippen LogP contribution >= 0.6 is 11.8 Å². The van der Waals surface area contributed by atoms with Gasteiger partial charge >= 0.3 is 0 Å². The standard InChI is InChI=1S/C16H17N5OS/c1-10(17)15(19)16(22)21-12-4-2-3-11(7-12)9-23-14-8-20-6-5-13(14)18/h2-8,17,19H,9H2,1H3,(H2,18,20)(H,21,22). The van der Waals surface area contributed by atoms with Gasteiger partial charge in [0.25, 0.3) is 5.91 Å². The number of nitrogen functional groups attached to an aromatic ring is 1. The van der Waals surface area contributed by atoms with E-state index in [2.05, 4.69) is 10.3 Å². The first-order valence-electron chi connectivity index (χ1n) is 6.84. The average Bonchev–Trinajstić information content (AvgIpc) is 2.53. The predicted octanol–water partition coefficient (Wildman–Crippen LogP) is 2.95. The van der Waals surface area contributed by atoms with Crippen molar-refractivity contribution in [2.24, 2.45) is 0 Å². The highest BCUT2D eigenvalue weighted by molar-refractivity contribution is 7.98. The summed E-state index contributed by atoms with van der Waals surface area (Å²) in [6.07, 6.45) is 3.37. The first-order valence-corrected chi connectivity index (χ1v) is 7.82. The maximum Gasteiger partial charge on any atom is 0.275 e. The summed E-state index contributed by atoms with van der Waals surface area (Å²) in [5.41, 5.74) is 7.76. The van der Waals surface area contributed by atoms with Crippen LogP contribution in [0.4, 0.5) is 11.4 Å². The maximum absolute atomic E-state index is 11.8. The Bertz CT molecular complexity index is 760. The second-order valence-corrected chi connectivity index (χ2v) is 5.87. The van der Waals surface area contributed by atoms with Crippen LogP contribution in [-0.2, 0) is 10.5 Å². The molecule has 2 aromatic rings. The van der Waals surface area contributed by atoms with E-state index < -0.39 is 5.91 Å². The molecule has 0 radical (unpaired) electrons. The lowest BCUT2D eigenvalue weighted by atomic mass is 10.2. The molecule has 0 fully saturated rings. The summed E-state index contributed by atoms with van der Waals surface area (Å²) in [5, 5.41) is 17.4. The Kier molecular flexibility index (Phi) is 5.48. The third-order valence-electron chi connectivity index (χ3n) is 3.00. The Morgan fingerprint density at radius 1 is 1.35 bits per heavy atom. The van der Waals surface area contributed by atoms with Gasteiger partial charge in [-0.3, -0.25) is 15.2 Å². The van der Waals surface area contributed by atoms with Gasteiger partial charge in [-0.1, -0.05) is 12.1 Å². The molecule has 118 valence electrons. The van der Waals surface area contributed by atoms with Crippen molar-refractivity contribution in [3.8, 4) is 0 Å². The number of benzene rings is 1. The van der Waals surface area contributed by atoms with Crippen molar-refractivity contribution in [1.82, 2.24) is 4.98 Å². The molecule has 1 amide bonds. The van der Waals surface area contributed by atoms with Gasteiger partial charge in [0.1, 0.15) is 5.71 Å². The first kappa shape index (κ1) is 16.7. The van der Waals surface area contributed by atoms with Crippen molar-refractivity contribution >= 4 is 40.5 Å². The minimum Gasteiger partial charge on any atom is -0.398 e. The van der Waals surface area contributed by atoms with E-state index in [9.17, 15) is 4.79 Å². The van der Waals surface area contributed by atoms with E-state index in [1.807, 2.05) is 18.2 Å². The van der Waals surface area contributed by atoms with Crippen LogP contribution in [0.2, 0.25) is 0 Å². The Morgan fingerprint density at radius 2 is 2.13 bits per heavy atom. The summed E-state index contributed by atoms with van der Waals surface area (Å²) in [5.74, 6) is 0.0968. The normalized spacial score (nSPS) is 10.1. The Balaban J connectivity index is 2.03. The van der Waals surface area contributed by atoms with Crippen molar-refractivity contribution < 1.29 is 4.79 Å². The van der Waals surface area contributed by atoms with Crippen LogP contribution in [0.3, 0.4) is 0 Å². The molecule has 0 saturated carbocycles. The summed E-state index contributed by atoms with van der Waals surface area (Å²) in [7, 11) is 0. The van der Waals surface area contributed by atoms with Gasteiger partial charge < -0.3 is 16.5 Å². The average molecular weight is 327 g/mol. The zero-order valence-electron chi connectivity index (χ0n) is 12.6. The fourth-order valence-corrected chi connectivity index (χ4v) is 2.65. The molecule has 0 aliphatic carbocycles. The van der Waals surface area contributed by atoms with Gasteiger partial charge in [-0.25, -0.2) is 0 Å². The largest absolute Gasteiger partial charge is 0.398 e. The van der Waals surface area contributed by atoms with Gasteiger partial charge in [0, 0.05) is 34.4 Å². The molecule has 0 unspecified atom stereocenters. The topological polar surface area (TPSA) is 116 Å². The number of amides is 1. The van der Waals surface area contributed by atoms with Gasteiger partial charge in [0.15, 0.2) is 0 Å². The molecule has 0 saturated heterocycles. The number of thioether (sulfide) groups is 1. The highest BCUT2D eigenvalue weighted by atomic mass is 32.2. The fourth-order valence-electron chi connectivity index (χ4n) is 1.78. The Hall–Kier alpha value is -2.67. The van der Waals surface area contributed by atoms with Crippen LogP contribution in [0.1, 0.15) is 12.5 Å². The van der Waals surface area contributed by atoms with Crippen LogP contribution in [0.15, 0.2) is 47.6 Å². The van der Waals surface area contributed by atoms with Crippen molar-refractivity contribution in [2.45, 2.75) is 17.6 Å². The Labute approximate surface area is 138 Å². The molecular formula is C16H17N5OS. The Morgan fingerprint density at radius 3 is 2.83 bits per heavy atom. The van der Waals surface area contributed by atoms with Crippen LogP contribution in [0, 0.1) is 10.8 Å². The van der Waals surface area contributed by atoms with Crippen molar-refractivity contribution in [3.05, 3.63) is 48.3 Å². The third kappa shape index (κ3) is 4.65. The molecule has 1 aromatic heterocycles. The number of anilines is 2. The van der Waals surface area contributed by atoms with Crippen molar-refractivity contribution in [3.63, 3.8) is 0 Å². The number of hydrogen-bond donors (Lipinski definition) is 4. The maximum atomic E-state index is 11.8. The van der Waals surface area contributed by atoms with Gasteiger partial charge in [-0.15, -0.1) is 11.8 Å². The molecule has 0 aliphatic heterocycles. The molecular weight excluding hydrogens is 310 g/mol. The van der Waals surface area contributed by atoms with E-state index >= 15 is 0 Å². The third-order valence-corrected chi connectivity index (χ3v) is 4.13. The molecule has 0 aliphatic rings. The smallest absolute Gasteiger partial charge is 0.275 e. The molecule has 2 rings (SSSR count). The summed E-state index contributed by atoms with van der Waals surface area (Å²) in [6, 6.07) is 9.12. The van der Waals surface area contributed by atoms with Gasteiger partial charge in [-0.2, -0.15) is 0 Å². The van der Waals surface area contributed by atoms with Crippen molar-refractivity contribution in [1.29, 1.82) is 10.8 Å². The molecule has 1 heterocycles. The van der Waals surface area contributed by atoms with E-state index in [-0.39, 0.29) is 11.4 Å². The second-order valence-electron chi connectivity index (χ2n) is 4.86. The van der Waals surface area contributed by atoms with E-state index in [0.717, 1.165) is 10.5 Å². The molecule has 1 aromatic carbocycles. The molecule has 0 bridgehead atoms. The number of nitrogens with zero attached hydrogens (tertiary/aromatic N) is 1. The number of nitrogens with two attached hydrogens (primary N) is 1. The highest BCUT2D eigenvalue weighted by Crippen LogP contribution is 2.27. The first-order chi connectivity index (χ1) is 11.0. The lowest BCUT2D eigenvalue weighted by Gasteiger charge is -2.08. The number of pyridine rings is 1. The number of hydrogen-bond acceptors (Lipinski definition) is 6. The van der Waals surface area contributed by atoms with Crippen molar-refractivity contribution in [2.75, 3.05) is 11.1 Å². The fraction of sp³-hybridized carbons (Fsp3) is 0.125. The number of carbonyl (C=O) groups is 1. The van der Waals surface area contributed by atoms with Crippen LogP contribution in [-0.4, -0.2) is 22.3 Å². The molecule has 0 spiro atoms. The monoisotopic (exact) mass is 327 g/mol. The second kappa shape index (κ2) is 7.55. The molecule has 0 atom stereocenters. The van der Waals surface area contributed by atoms with Crippen LogP contribution in [0.25, 0.3) is 0 Å².